The standard InChI is InChI=1S/C23H25FN4O/c1-14-5-4-10-28(13-14)23(29)19-12-25-22-18(8-6-16(3)26-22)21(19)27-17-7-9-20(24)15(2)11-17/h6-9,11-12,14H,4-5,10,13H2,1-3H3,(H,25,26,27). The summed E-state index contributed by atoms with van der Waals surface area (Å²) in [7, 11) is 0. The van der Waals surface area contributed by atoms with Crippen molar-refractivity contribution in [3.63, 3.8) is 0 Å². The molecule has 3 heterocycles. The molecule has 4 rings (SSSR count). The minimum absolute atomic E-state index is 0.0344. The number of amides is 1. The number of rotatable bonds is 3. The summed E-state index contributed by atoms with van der Waals surface area (Å²) in [6.45, 7) is 7.30. The zero-order chi connectivity index (χ0) is 20.5. The van der Waals surface area contributed by atoms with E-state index in [1.165, 1.54) is 6.07 Å². The minimum Gasteiger partial charge on any atom is -0.354 e. The first-order valence-corrected chi connectivity index (χ1v) is 10.0. The SMILES string of the molecule is Cc1ccc2c(Nc3ccc(F)c(C)c3)c(C(=O)N3CCCC(C)C3)cnc2n1. The molecule has 1 unspecified atom stereocenters. The second-order valence-corrected chi connectivity index (χ2v) is 7.96. The first kappa shape index (κ1) is 19.3. The largest absolute Gasteiger partial charge is 0.354 e. The van der Waals surface area contributed by atoms with Gasteiger partial charge in [0.05, 0.1) is 11.3 Å². The van der Waals surface area contributed by atoms with Crippen molar-refractivity contribution in [2.75, 3.05) is 18.4 Å². The summed E-state index contributed by atoms with van der Waals surface area (Å²) in [6, 6.07) is 8.67. The smallest absolute Gasteiger partial charge is 0.257 e. The van der Waals surface area contributed by atoms with E-state index in [0.29, 0.717) is 28.4 Å². The number of halogens is 1. The highest BCUT2D eigenvalue weighted by Crippen LogP contribution is 2.31. The zero-order valence-corrected chi connectivity index (χ0v) is 17.0. The molecule has 1 saturated heterocycles. The highest BCUT2D eigenvalue weighted by Gasteiger charge is 2.25. The second-order valence-electron chi connectivity index (χ2n) is 7.96. The predicted octanol–water partition coefficient (Wildman–Crippen LogP) is 5.00. The minimum atomic E-state index is -0.258. The molecular weight excluding hydrogens is 367 g/mol. The molecule has 1 N–H and O–H groups in total. The lowest BCUT2D eigenvalue weighted by Gasteiger charge is -2.31. The number of likely N-dealkylation sites (tertiary alicyclic amines) is 1. The Labute approximate surface area is 170 Å². The van der Waals surface area contributed by atoms with Crippen LogP contribution in [0.3, 0.4) is 0 Å². The van der Waals surface area contributed by atoms with E-state index in [4.69, 9.17) is 0 Å². The third-order valence-electron chi connectivity index (χ3n) is 5.47. The van der Waals surface area contributed by atoms with Crippen molar-refractivity contribution < 1.29 is 9.18 Å². The average molecular weight is 392 g/mol. The molecule has 2 aromatic heterocycles. The van der Waals surface area contributed by atoms with Gasteiger partial charge in [-0.25, -0.2) is 14.4 Å². The van der Waals surface area contributed by atoms with Crippen molar-refractivity contribution in [3.05, 3.63) is 59.2 Å². The maximum absolute atomic E-state index is 13.7. The molecule has 6 heteroatoms. The molecule has 5 nitrogen and oxygen atoms in total. The van der Waals surface area contributed by atoms with E-state index < -0.39 is 0 Å². The van der Waals surface area contributed by atoms with E-state index in [1.54, 1.807) is 25.3 Å². The molecule has 0 bridgehead atoms. The Morgan fingerprint density at radius 2 is 2.07 bits per heavy atom. The van der Waals surface area contributed by atoms with Crippen LogP contribution >= 0.6 is 0 Å². The molecular formula is C23H25FN4O. The number of hydrogen-bond donors (Lipinski definition) is 1. The zero-order valence-electron chi connectivity index (χ0n) is 17.0. The van der Waals surface area contributed by atoms with E-state index in [0.717, 1.165) is 42.7 Å². The summed E-state index contributed by atoms with van der Waals surface area (Å²) >= 11 is 0. The number of aryl methyl sites for hydroxylation is 2. The highest BCUT2D eigenvalue weighted by atomic mass is 19.1. The molecule has 1 aliphatic heterocycles. The molecule has 0 aliphatic carbocycles. The monoisotopic (exact) mass is 392 g/mol. The molecule has 1 fully saturated rings. The first-order valence-electron chi connectivity index (χ1n) is 10.0. The van der Waals surface area contributed by atoms with Crippen molar-refractivity contribution in [1.82, 2.24) is 14.9 Å². The molecule has 1 amide bonds. The van der Waals surface area contributed by atoms with E-state index >= 15 is 0 Å². The number of carbonyl (C=O) groups is 1. The number of hydrogen-bond acceptors (Lipinski definition) is 4. The molecule has 1 aromatic carbocycles. The lowest BCUT2D eigenvalue weighted by Crippen LogP contribution is -2.39. The first-order chi connectivity index (χ1) is 13.9. The molecule has 0 saturated carbocycles. The second kappa shape index (κ2) is 7.78. The van der Waals surface area contributed by atoms with E-state index in [1.807, 2.05) is 24.0 Å². The fourth-order valence-corrected chi connectivity index (χ4v) is 3.88. The summed E-state index contributed by atoms with van der Waals surface area (Å²) in [6.07, 6.45) is 3.76. The van der Waals surface area contributed by atoms with Crippen molar-refractivity contribution in [3.8, 4) is 0 Å². The molecule has 1 aliphatic rings. The van der Waals surface area contributed by atoms with Gasteiger partial charge in [-0.1, -0.05) is 6.92 Å². The van der Waals surface area contributed by atoms with Crippen LogP contribution in [-0.4, -0.2) is 33.9 Å². The summed E-state index contributed by atoms with van der Waals surface area (Å²) in [4.78, 5) is 24.2. The Balaban J connectivity index is 1.80. The van der Waals surface area contributed by atoms with Gasteiger partial charge < -0.3 is 10.2 Å². The van der Waals surface area contributed by atoms with Crippen LogP contribution < -0.4 is 5.32 Å². The Hall–Kier alpha value is -3.02. The van der Waals surface area contributed by atoms with Crippen LogP contribution in [0.15, 0.2) is 36.5 Å². The van der Waals surface area contributed by atoms with Gasteiger partial charge >= 0.3 is 0 Å². The molecule has 0 radical (unpaired) electrons. The van der Waals surface area contributed by atoms with Crippen LogP contribution in [0.1, 0.15) is 41.4 Å². The molecule has 29 heavy (non-hydrogen) atoms. The lowest BCUT2D eigenvalue weighted by molar-refractivity contribution is 0.0684. The van der Waals surface area contributed by atoms with Crippen molar-refractivity contribution in [2.24, 2.45) is 5.92 Å². The summed E-state index contributed by atoms with van der Waals surface area (Å²) in [5.41, 5.74) is 3.88. The number of anilines is 2. The maximum Gasteiger partial charge on any atom is 0.257 e. The number of nitrogens with zero attached hydrogens (tertiary/aromatic N) is 3. The molecule has 3 aromatic rings. The van der Waals surface area contributed by atoms with Crippen molar-refractivity contribution >= 4 is 28.3 Å². The Kier molecular flexibility index (Phi) is 5.18. The van der Waals surface area contributed by atoms with Crippen LogP contribution in [-0.2, 0) is 0 Å². The van der Waals surface area contributed by atoms with Gasteiger partial charge in [-0.15, -0.1) is 0 Å². The number of aromatic nitrogens is 2. The highest BCUT2D eigenvalue weighted by molar-refractivity contribution is 6.07. The topological polar surface area (TPSA) is 58.1 Å². The molecule has 0 spiro atoms. The molecule has 150 valence electrons. The predicted molar refractivity (Wildman–Crippen MR) is 113 cm³/mol. The van der Waals surface area contributed by atoms with E-state index in [-0.39, 0.29) is 11.7 Å². The Morgan fingerprint density at radius 1 is 1.24 bits per heavy atom. The van der Waals surface area contributed by atoms with Gasteiger partial charge in [0, 0.05) is 36.1 Å². The normalized spacial score (nSPS) is 16.8. The number of carbonyl (C=O) groups excluding carboxylic acids is 1. The number of piperidine rings is 1. The summed E-state index contributed by atoms with van der Waals surface area (Å²) in [5, 5.41) is 4.11. The maximum atomic E-state index is 13.7. The van der Waals surface area contributed by atoms with Gasteiger partial charge in [-0.2, -0.15) is 0 Å². The quantitative estimate of drug-likeness (QED) is 0.681. The number of nitrogens with one attached hydrogen (secondary N) is 1. The summed E-state index contributed by atoms with van der Waals surface area (Å²) in [5.74, 6) is 0.195. The summed E-state index contributed by atoms with van der Waals surface area (Å²) < 4.78 is 13.7. The van der Waals surface area contributed by atoms with Gasteiger partial charge in [0.25, 0.3) is 5.91 Å². The van der Waals surface area contributed by atoms with Gasteiger partial charge in [-0.05, 0) is 68.5 Å². The van der Waals surface area contributed by atoms with Crippen LogP contribution in [0, 0.1) is 25.6 Å². The third kappa shape index (κ3) is 3.92. The van der Waals surface area contributed by atoms with E-state index in [9.17, 15) is 9.18 Å². The van der Waals surface area contributed by atoms with Crippen LogP contribution in [0.5, 0.6) is 0 Å². The lowest BCUT2D eigenvalue weighted by atomic mass is 9.99. The molecule has 1 atom stereocenters. The van der Waals surface area contributed by atoms with Gasteiger partial charge in [0.15, 0.2) is 5.65 Å². The fourth-order valence-electron chi connectivity index (χ4n) is 3.88. The number of fused-ring (bicyclic) bond motifs is 1. The number of pyridine rings is 2. The van der Waals surface area contributed by atoms with Crippen LogP contribution in [0.25, 0.3) is 11.0 Å². The fraction of sp³-hybridized carbons (Fsp3) is 0.348. The van der Waals surface area contributed by atoms with Crippen LogP contribution in [0.4, 0.5) is 15.8 Å². The van der Waals surface area contributed by atoms with Gasteiger partial charge in [-0.3, -0.25) is 4.79 Å². The van der Waals surface area contributed by atoms with Crippen LogP contribution in [0.2, 0.25) is 0 Å². The average Bonchev–Trinajstić information content (AvgIpc) is 2.70. The van der Waals surface area contributed by atoms with Crippen molar-refractivity contribution in [2.45, 2.75) is 33.6 Å². The Bertz CT molecular complexity index is 1080. The van der Waals surface area contributed by atoms with Gasteiger partial charge in [0.2, 0.25) is 0 Å². The number of benzene rings is 1. The van der Waals surface area contributed by atoms with E-state index in [2.05, 4.69) is 22.2 Å². The van der Waals surface area contributed by atoms with Gasteiger partial charge in [0.1, 0.15) is 5.82 Å². The Morgan fingerprint density at radius 3 is 2.83 bits per heavy atom. The third-order valence-corrected chi connectivity index (χ3v) is 5.47. The van der Waals surface area contributed by atoms with Crippen molar-refractivity contribution in [1.29, 1.82) is 0 Å².